The van der Waals surface area contributed by atoms with E-state index in [9.17, 15) is 4.79 Å². The van der Waals surface area contributed by atoms with Gasteiger partial charge in [0.25, 0.3) is 0 Å². The minimum absolute atomic E-state index is 0.00998. The molecule has 0 aliphatic rings. The molecule has 0 unspecified atom stereocenters. The number of amides is 1. The Balaban J connectivity index is 2.18. The first-order valence-corrected chi connectivity index (χ1v) is 4.73. The van der Waals surface area contributed by atoms with E-state index in [0.717, 1.165) is 24.4 Å². The summed E-state index contributed by atoms with van der Waals surface area (Å²) in [5, 5.41) is 0. The van der Waals surface area contributed by atoms with Crippen LogP contribution >= 0.6 is 0 Å². The van der Waals surface area contributed by atoms with Gasteiger partial charge in [-0.05, 0) is 25.5 Å². The molecular formula is C10H16N2O2. The van der Waals surface area contributed by atoms with E-state index in [-0.39, 0.29) is 5.91 Å². The van der Waals surface area contributed by atoms with Crippen molar-refractivity contribution in [3.63, 3.8) is 0 Å². The minimum atomic E-state index is 0.00998. The molecule has 2 N–H and O–H groups in total. The average molecular weight is 196 g/mol. The molecule has 0 atom stereocenters. The van der Waals surface area contributed by atoms with Crippen LogP contribution in [0.2, 0.25) is 0 Å². The fourth-order valence-electron chi connectivity index (χ4n) is 1.24. The zero-order valence-corrected chi connectivity index (χ0v) is 8.59. The molecule has 1 aromatic rings. The number of carbonyl (C=O) groups excluding carboxylic acids is 1. The Morgan fingerprint density at radius 1 is 1.50 bits per heavy atom. The third-order valence-electron chi connectivity index (χ3n) is 1.89. The van der Waals surface area contributed by atoms with Crippen LogP contribution in [0, 0.1) is 6.92 Å². The summed E-state index contributed by atoms with van der Waals surface area (Å²) in [4.78, 5) is 11.0. The molecule has 4 nitrogen and oxygen atoms in total. The van der Waals surface area contributed by atoms with Crippen molar-refractivity contribution in [1.82, 2.24) is 10.9 Å². The summed E-state index contributed by atoms with van der Waals surface area (Å²) in [5.41, 5.74) is 5.11. The Morgan fingerprint density at radius 3 is 2.86 bits per heavy atom. The predicted molar refractivity (Wildman–Crippen MR) is 53.6 cm³/mol. The van der Waals surface area contributed by atoms with Crippen molar-refractivity contribution in [2.45, 2.75) is 26.2 Å². The number of aryl methyl sites for hydroxylation is 2. The molecular weight excluding hydrogens is 180 g/mol. The summed E-state index contributed by atoms with van der Waals surface area (Å²) in [6.45, 7) is 1.91. The first-order chi connectivity index (χ1) is 6.72. The van der Waals surface area contributed by atoms with E-state index in [1.54, 1.807) is 7.05 Å². The van der Waals surface area contributed by atoms with Crippen LogP contribution in [0.15, 0.2) is 16.5 Å². The lowest BCUT2D eigenvalue weighted by Gasteiger charge is -2.01. The van der Waals surface area contributed by atoms with E-state index in [2.05, 4.69) is 10.9 Å². The molecule has 0 saturated heterocycles. The Labute approximate surface area is 83.6 Å². The molecule has 0 saturated carbocycles. The molecule has 0 fully saturated rings. The highest BCUT2D eigenvalue weighted by molar-refractivity contribution is 5.75. The van der Waals surface area contributed by atoms with Crippen molar-refractivity contribution >= 4 is 5.91 Å². The Morgan fingerprint density at radius 2 is 2.29 bits per heavy atom. The highest BCUT2D eigenvalue weighted by Gasteiger charge is 2.02. The van der Waals surface area contributed by atoms with Crippen molar-refractivity contribution in [2.75, 3.05) is 7.05 Å². The summed E-state index contributed by atoms with van der Waals surface area (Å²) >= 11 is 0. The smallest absolute Gasteiger partial charge is 0.234 e. The van der Waals surface area contributed by atoms with Crippen molar-refractivity contribution < 1.29 is 9.21 Å². The fourth-order valence-corrected chi connectivity index (χ4v) is 1.24. The van der Waals surface area contributed by atoms with Gasteiger partial charge in [-0.15, -0.1) is 0 Å². The van der Waals surface area contributed by atoms with Gasteiger partial charge in [-0.2, -0.15) is 0 Å². The summed E-state index contributed by atoms with van der Waals surface area (Å²) in [7, 11) is 1.67. The SMILES string of the molecule is CNNC(=O)CCCc1ccc(C)o1. The second-order valence-corrected chi connectivity index (χ2v) is 3.16. The molecule has 1 aromatic heterocycles. The number of hydrogen-bond acceptors (Lipinski definition) is 3. The van der Waals surface area contributed by atoms with E-state index in [1.165, 1.54) is 0 Å². The summed E-state index contributed by atoms with van der Waals surface area (Å²) < 4.78 is 5.38. The van der Waals surface area contributed by atoms with E-state index < -0.39 is 0 Å². The highest BCUT2D eigenvalue weighted by atomic mass is 16.3. The topological polar surface area (TPSA) is 54.3 Å². The van der Waals surface area contributed by atoms with Crippen molar-refractivity contribution in [2.24, 2.45) is 0 Å². The molecule has 1 amide bonds. The number of hydrazine groups is 1. The van der Waals surface area contributed by atoms with Crippen LogP contribution in [0.5, 0.6) is 0 Å². The van der Waals surface area contributed by atoms with Gasteiger partial charge in [0.1, 0.15) is 11.5 Å². The number of hydrogen-bond donors (Lipinski definition) is 2. The largest absolute Gasteiger partial charge is 0.466 e. The van der Waals surface area contributed by atoms with Crippen molar-refractivity contribution in [3.05, 3.63) is 23.7 Å². The average Bonchev–Trinajstić information content (AvgIpc) is 2.52. The van der Waals surface area contributed by atoms with E-state index in [4.69, 9.17) is 4.42 Å². The molecule has 0 spiro atoms. The van der Waals surface area contributed by atoms with E-state index in [0.29, 0.717) is 6.42 Å². The fraction of sp³-hybridized carbons (Fsp3) is 0.500. The summed E-state index contributed by atoms with van der Waals surface area (Å²) in [5.74, 6) is 1.87. The number of rotatable bonds is 5. The quantitative estimate of drug-likeness (QED) is 0.695. The molecule has 0 aliphatic carbocycles. The molecule has 0 bridgehead atoms. The maximum Gasteiger partial charge on any atom is 0.234 e. The van der Waals surface area contributed by atoms with E-state index >= 15 is 0 Å². The molecule has 0 radical (unpaired) electrons. The van der Waals surface area contributed by atoms with Gasteiger partial charge in [0.2, 0.25) is 5.91 Å². The second-order valence-electron chi connectivity index (χ2n) is 3.16. The maximum absolute atomic E-state index is 11.0. The number of furan rings is 1. The first-order valence-electron chi connectivity index (χ1n) is 4.73. The lowest BCUT2D eigenvalue weighted by atomic mass is 10.2. The van der Waals surface area contributed by atoms with Crippen LogP contribution in [-0.2, 0) is 11.2 Å². The molecule has 78 valence electrons. The zero-order valence-electron chi connectivity index (χ0n) is 8.59. The zero-order chi connectivity index (χ0) is 10.4. The standard InChI is InChI=1S/C10H16N2O2/c1-8-6-7-9(14-8)4-3-5-10(13)12-11-2/h6-7,11H,3-5H2,1-2H3,(H,12,13). The molecule has 1 heterocycles. The lowest BCUT2D eigenvalue weighted by Crippen LogP contribution is -2.33. The Bertz CT molecular complexity index is 294. The van der Waals surface area contributed by atoms with Gasteiger partial charge in [0, 0.05) is 19.9 Å². The van der Waals surface area contributed by atoms with Crippen molar-refractivity contribution in [3.8, 4) is 0 Å². The number of nitrogens with one attached hydrogen (secondary N) is 2. The van der Waals surface area contributed by atoms with Gasteiger partial charge >= 0.3 is 0 Å². The van der Waals surface area contributed by atoms with Crippen molar-refractivity contribution in [1.29, 1.82) is 0 Å². The lowest BCUT2D eigenvalue weighted by molar-refractivity contribution is -0.122. The van der Waals surface area contributed by atoms with Crippen LogP contribution in [0.1, 0.15) is 24.4 Å². The molecule has 0 aromatic carbocycles. The maximum atomic E-state index is 11.0. The van der Waals surface area contributed by atoms with Gasteiger partial charge in [-0.1, -0.05) is 0 Å². The Kier molecular flexibility index (Phi) is 4.19. The highest BCUT2D eigenvalue weighted by Crippen LogP contribution is 2.09. The van der Waals surface area contributed by atoms with Crippen LogP contribution < -0.4 is 10.9 Å². The molecule has 1 rings (SSSR count). The minimum Gasteiger partial charge on any atom is -0.466 e. The summed E-state index contributed by atoms with van der Waals surface area (Å²) in [6.07, 6.45) is 2.13. The van der Waals surface area contributed by atoms with E-state index in [1.807, 2.05) is 19.1 Å². The first kappa shape index (κ1) is 10.8. The van der Waals surface area contributed by atoms with Gasteiger partial charge in [0.15, 0.2) is 0 Å². The van der Waals surface area contributed by atoms with Crippen LogP contribution in [-0.4, -0.2) is 13.0 Å². The third kappa shape index (κ3) is 3.62. The number of carbonyl (C=O) groups is 1. The van der Waals surface area contributed by atoms with Gasteiger partial charge in [-0.3, -0.25) is 10.2 Å². The van der Waals surface area contributed by atoms with Crippen LogP contribution in [0.25, 0.3) is 0 Å². The van der Waals surface area contributed by atoms with Crippen LogP contribution in [0.3, 0.4) is 0 Å². The van der Waals surface area contributed by atoms with Gasteiger partial charge in [-0.25, -0.2) is 5.43 Å². The molecule has 4 heteroatoms. The Hall–Kier alpha value is -1.29. The third-order valence-corrected chi connectivity index (χ3v) is 1.89. The molecule has 14 heavy (non-hydrogen) atoms. The molecule has 0 aliphatic heterocycles. The van der Waals surface area contributed by atoms with Gasteiger partial charge < -0.3 is 4.42 Å². The summed E-state index contributed by atoms with van der Waals surface area (Å²) in [6, 6.07) is 3.88. The van der Waals surface area contributed by atoms with Gasteiger partial charge in [0.05, 0.1) is 0 Å². The van der Waals surface area contributed by atoms with Crippen LogP contribution in [0.4, 0.5) is 0 Å². The normalized spacial score (nSPS) is 10.1. The monoisotopic (exact) mass is 196 g/mol. The predicted octanol–water partition coefficient (Wildman–Crippen LogP) is 1.16. The second kappa shape index (κ2) is 5.44.